The number of pyridine rings is 1. The zero-order valence-electron chi connectivity index (χ0n) is 20.9. The molecule has 0 fully saturated rings. The molecule has 0 unspecified atom stereocenters. The lowest BCUT2D eigenvalue weighted by Crippen LogP contribution is -2.27. The number of H-pyrrole nitrogens is 1. The van der Waals surface area contributed by atoms with Gasteiger partial charge in [-0.3, -0.25) is 0 Å². The molecule has 1 N–H and O–H groups in total. The number of carbonyl (C=O) groups is 1. The molecule has 0 radical (unpaired) electrons. The van der Waals surface area contributed by atoms with Crippen LogP contribution in [0, 0.1) is 0 Å². The van der Waals surface area contributed by atoms with Gasteiger partial charge in [0, 0.05) is 52.4 Å². The van der Waals surface area contributed by atoms with Crippen LogP contribution in [0.4, 0.5) is 5.69 Å². The molecule has 0 saturated carbocycles. The average Bonchev–Trinajstić information content (AvgIpc) is 3.34. The summed E-state index contributed by atoms with van der Waals surface area (Å²) < 4.78 is 11.0. The van der Waals surface area contributed by atoms with Crippen molar-refractivity contribution in [2.45, 2.75) is 6.61 Å². The van der Waals surface area contributed by atoms with Gasteiger partial charge in [0.2, 0.25) is 0 Å². The minimum Gasteiger partial charge on any atom is -0.497 e. The number of fused-ring (bicyclic) bond motifs is 3. The van der Waals surface area contributed by atoms with Crippen molar-refractivity contribution in [2.24, 2.45) is 0 Å². The first kappa shape index (κ1) is 25.9. The first-order chi connectivity index (χ1) is 18.6. The summed E-state index contributed by atoms with van der Waals surface area (Å²) in [5.41, 5.74) is 5.76. The minimum absolute atomic E-state index is 0.0454. The van der Waals surface area contributed by atoms with Gasteiger partial charge in [-0.25, -0.2) is 9.78 Å². The van der Waals surface area contributed by atoms with Crippen LogP contribution in [0.2, 0.25) is 0 Å². The molecule has 8 heteroatoms. The molecular formula is C30H27Cl2N3O3. The number of carbonyl (C=O) groups excluding carboxylic acids is 1. The molecule has 0 atom stereocenters. The van der Waals surface area contributed by atoms with Crippen molar-refractivity contribution >= 4 is 56.7 Å². The van der Waals surface area contributed by atoms with Crippen molar-refractivity contribution in [2.75, 3.05) is 36.9 Å². The Labute approximate surface area is 231 Å². The van der Waals surface area contributed by atoms with Gasteiger partial charge in [-0.05, 0) is 60.7 Å². The van der Waals surface area contributed by atoms with Crippen LogP contribution in [-0.4, -0.2) is 47.9 Å². The second-order valence-electron chi connectivity index (χ2n) is 8.77. The molecule has 194 valence electrons. The largest absolute Gasteiger partial charge is 0.497 e. The Morgan fingerprint density at radius 2 is 1.63 bits per heavy atom. The van der Waals surface area contributed by atoms with E-state index in [1.807, 2.05) is 60.7 Å². The Hall–Kier alpha value is -3.74. The first-order valence-electron chi connectivity index (χ1n) is 12.3. The molecular weight excluding hydrogens is 521 g/mol. The Bertz CT molecular complexity index is 1540. The molecule has 0 aliphatic heterocycles. The maximum absolute atomic E-state index is 12.9. The minimum atomic E-state index is -0.412. The maximum atomic E-state index is 12.9. The van der Waals surface area contributed by atoms with Crippen molar-refractivity contribution in [3.63, 3.8) is 0 Å². The molecule has 6 nitrogen and oxygen atoms in total. The van der Waals surface area contributed by atoms with E-state index in [2.05, 4.69) is 16.0 Å². The van der Waals surface area contributed by atoms with E-state index < -0.39 is 5.97 Å². The highest BCUT2D eigenvalue weighted by atomic mass is 35.5. The molecule has 2 heterocycles. The Morgan fingerprint density at radius 1 is 0.921 bits per heavy atom. The highest BCUT2D eigenvalue weighted by molar-refractivity contribution is 6.18. The number of aromatic amines is 1. The fraction of sp³-hybridized carbons (Fsp3) is 0.200. The van der Waals surface area contributed by atoms with Crippen molar-refractivity contribution in [1.82, 2.24) is 9.97 Å². The number of anilines is 1. The lowest BCUT2D eigenvalue weighted by molar-refractivity contribution is 0.0468. The number of hydrogen-bond donors (Lipinski definition) is 1. The number of ether oxygens (including phenoxy) is 2. The fourth-order valence-electron chi connectivity index (χ4n) is 4.54. The van der Waals surface area contributed by atoms with Gasteiger partial charge < -0.3 is 19.4 Å². The monoisotopic (exact) mass is 547 g/mol. The van der Waals surface area contributed by atoms with E-state index >= 15 is 0 Å². The molecule has 0 spiro atoms. The van der Waals surface area contributed by atoms with E-state index in [9.17, 15) is 4.79 Å². The van der Waals surface area contributed by atoms with Crippen molar-refractivity contribution in [1.29, 1.82) is 0 Å². The molecule has 3 aromatic carbocycles. The number of nitrogens with one attached hydrogen (secondary N) is 1. The normalized spacial score (nSPS) is 11.1. The first-order valence-corrected chi connectivity index (χ1v) is 13.4. The number of halogens is 2. The van der Waals surface area contributed by atoms with E-state index in [4.69, 9.17) is 37.7 Å². The lowest BCUT2D eigenvalue weighted by atomic mass is 10.1. The quantitative estimate of drug-likeness (QED) is 0.150. The van der Waals surface area contributed by atoms with Gasteiger partial charge in [-0.1, -0.05) is 18.2 Å². The topological polar surface area (TPSA) is 67.5 Å². The summed E-state index contributed by atoms with van der Waals surface area (Å²) in [6, 6.07) is 25.1. The van der Waals surface area contributed by atoms with Crippen LogP contribution in [0.5, 0.6) is 5.75 Å². The van der Waals surface area contributed by atoms with Crippen LogP contribution in [0.15, 0.2) is 78.9 Å². The zero-order chi connectivity index (χ0) is 26.5. The molecule has 0 aliphatic carbocycles. The Balaban J connectivity index is 1.42. The number of benzene rings is 3. The Kier molecular flexibility index (Phi) is 8.01. The van der Waals surface area contributed by atoms with Gasteiger partial charge in [-0.15, -0.1) is 23.2 Å². The van der Waals surface area contributed by atoms with E-state index in [0.29, 0.717) is 36.1 Å². The molecule has 5 aromatic rings. The summed E-state index contributed by atoms with van der Waals surface area (Å²) in [6.45, 7) is 1.40. The third kappa shape index (κ3) is 5.42. The van der Waals surface area contributed by atoms with E-state index in [-0.39, 0.29) is 6.61 Å². The predicted octanol–water partition coefficient (Wildman–Crippen LogP) is 7.03. The van der Waals surface area contributed by atoms with Crippen LogP contribution in [0.1, 0.15) is 16.1 Å². The van der Waals surface area contributed by atoms with Crippen molar-refractivity contribution < 1.29 is 14.3 Å². The standard InChI is InChI=1S/C30H27Cl2N3O3/c1-37-24-12-8-20(9-13-24)28-29-26(25-4-2-3-5-27(25)34-29)18-22(33-28)19-38-30(36)21-6-10-23(11-7-21)35(16-14-31)17-15-32/h2-13,18,34H,14-17,19H2,1H3. The summed E-state index contributed by atoms with van der Waals surface area (Å²) in [5.74, 6) is 1.34. The molecule has 0 amide bonds. The van der Waals surface area contributed by atoms with Crippen LogP contribution >= 0.6 is 23.2 Å². The molecule has 2 aromatic heterocycles. The summed E-state index contributed by atoms with van der Waals surface area (Å²) >= 11 is 11.8. The van der Waals surface area contributed by atoms with Crippen molar-refractivity contribution in [3.8, 4) is 17.0 Å². The number of para-hydroxylation sites is 1. The number of nitrogens with zero attached hydrogens (tertiary/aromatic N) is 2. The van der Waals surface area contributed by atoms with Gasteiger partial charge >= 0.3 is 5.97 Å². The summed E-state index contributed by atoms with van der Waals surface area (Å²) in [5, 5.41) is 2.11. The molecule has 5 rings (SSSR count). The smallest absolute Gasteiger partial charge is 0.338 e. The van der Waals surface area contributed by atoms with Crippen molar-refractivity contribution in [3.05, 3.63) is 90.1 Å². The van der Waals surface area contributed by atoms with E-state index in [1.165, 1.54) is 0 Å². The summed E-state index contributed by atoms with van der Waals surface area (Å²) in [7, 11) is 1.64. The van der Waals surface area contributed by atoms with Gasteiger partial charge in [0.1, 0.15) is 12.4 Å². The molecule has 38 heavy (non-hydrogen) atoms. The van der Waals surface area contributed by atoms with Crippen LogP contribution in [0.3, 0.4) is 0 Å². The Morgan fingerprint density at radius 3 is 2.32 bits per heavy atom. The van der Waals surface area contributed by atoms with E-state index in [0.717, 1.165) is 44.5 Å². The average molecular weight is 548 g/mol. The number of aromatic nitrogens is 2. The third-order valence-electron chi connectivity index (χ3n) is 6.44. The number of esters is 1. The van der Waals surface area contributed by atoms with Crippen LogP contribution in [0.25, 0.3) is 33.1 Å². The second-order valence-corrected chi connectivity index (χ2v) is 9.53. The van der Waals surface area contributed by atoms with E-state index in [1.54, 1.807) is 19.2 Å². The van der Waals surface area contributed by atoms with Gasteiger partial charge in [0.15, 0.2) is 0 Å². The SMILES string of the molecule is COc1ccc(-c2nc(COC(=O)c3ccc(N(CCCl)CCCl)cc3)cc3c2[nH]c2ccccc23)cc1. The third-order valence-corrected chi connectivity index (χ3v) is 6.78. The van der Waals surface area contributed by atoms with Gasteiger partial charge in [0.25, 0.3) is 0 Å². The van der Waals surface area contributed by atoms with Crippen LogP contribution in [-0.2, 0) is 11.3 Å². The lowest BCUT2D eigenvalue weighted by Gasteiger charge is -2.22. The number of hydrogen-bond acceptors (Lipinski definition) is 5. The number of alkyl halides is 2. The van der Waals surface area contributed by atoms with Gasteiger partial charge in [0.05, 0.1) is 29.6 Å². The zero-order valence-corrected chi connectivity index (χ0v) is 22.4. The highest BCUT2D eigenvalue weighted by Gasteiger charge is 2.16. The second kappa shape index (κ2) is 11.8. The van der Waals surface area contributed by atoms with Gasteiger partial charge in [-0.2, -0.15) is 0 Å². The fourth-order valence-corrected chi connectivity index (χ4v) is 4.94. The summed E-state index contributed by atoms with van der Waals surface area (Å²) in [4.78, 5) is 23.3. The van der Waals surface area contributed by atoms with Crippen LogP contribution < -0.4 is 9.64 Å². The predicted molar refractivity (Wildman–Crippen MR) is 155 cm³/mol. The maximum Gasteiger partial charge on any atom is 0.338 e. The highest BCUT2D eigenvalue weighted by Crippen LogP contribution is 2.33. The number of methoxy groups -OCH3 is 1. The summed E-state index contributed by atoms with van der Waals surface area (Å²) in [6.07, 6.45) is 0. The molecule has 0 aliphatic rings. The number of rotatable bonds is 10. The molecule has 0 saturated heterocycles. The molecule has 0 bridgehead atoms.